The third kappa shape index (κ3) is 4.43. The van der Waals surface area contributed by atoms with E-state index in [1.165, 1.54) is 12.3 Å². The maximum atomic E-state index is 12.0. The van der Waals surface area contributed by atoms with Crippen molar-refractivity contribution in [1.82, 2.24) is 19.7 Å². The number of carbonyl (C=O) groups is 1. The summed E-state index contributed by atoms with van der Waals surface area (Å²) in [6.07, 6.45) is 5.78. The second-order valence-corrected chi connectivity index (χ2v) is 8.07. The number of nitrogens with one attached hydrogen (secondary N) is 2. The molecule has 11 heteroatoms. The molecular weight excluding hydrogens is 382 g/mol. The van der Waals surface area contributed by atoms with E-state index in [-0.39, 0.29) is 28.8 Å². The molecule has 1 amide bonds. The molecule has 0 saturated heterocycles. The summed E-state index contributed by atoms with van der Waals surface area (Å²) in [5, 5.41) is 9.99. The van der Waals surface area contributed by atoms with E-state index >= 15 is 0 Å². The highest BCUT2D eigenvalue weighted by molar-refractivity contribution is 7.90. The summed E-state index contributed by atoms with van der Waals surface area (Å²) >= 11 is 0. The minimum atomic E-state index is -3.40. The van der Waals surface area contributed by atoms with Crippen LogP contribution >= 0.6 is 0 Å². The first kappa shape index (κ1) is 19.3. The average Bonchev–Trinajstić information content (AvgIpc) is 3.04. The van der Waals surface area contributed by atoms with Crippen LogP contribution in [0.5, 0.6) is 0 Å². The van der Waals surface area contributed by atoms with Crippen LogP contribution in [0.4, 0.5) is 17.5 Å². The van der Waals surface area contributed by atoms with Crippen molar-refractivity contribution in [3.8, 4) is 0 Å². The first-order chi connectivity index (χ1) is 13.2. The zero-order valence-corrected chi connectivity index (χ0v) is 16.1. The Morgan fingerprint density at radius 1 is 1.25 bits per heavy atom. The van der Waals surface area contributed by atoms with Crippen molar-refractivity contribution < 1.29 is 13.2 Å². The van der Waals surface area contributed by atoms with Gasteiger partial charge < -0.3 is 16.4 Å². The largest absolute Gasteiger partial charge is 0.365 e. The molecule has 3 rings (SSSR count). The molecule has 0 unspecified atom stereocenters. The van der Waals surface area contributed by atoms with Crippen LogP contribution in [0.3, 0.4) is 0 Å². The second-order valence-electron chi connectivity index (χ2n) is 6.08. The third-order valence-electron chi connectivity index (χ3n) is 3.83. The summed E-state index contributed by atoms with van der Waals surface area (Å²) in [7, 11) is -1.62. The molecule has 2 heterocycles. The van der Waals surface area contributed by atoms with Gasteiger partial charge >= 0.3 is 0 Å². The number of benzene rings is 1. The number of aromatic nitrogens is 4. The van der Waals surface area contributed by atoms with E-state index in [1.54, 1.807) is 42.3 Å². The molecular formula is C17H19N7O3S. The molecule has 1 aromatic carbocycles. The predicted octanol–water partition coefficient (Wildman–Crippen LogP) is 1.07. The lowest BCUT2D eigenvalue weighted by Gasteiger charge is -2.13. The van der Waals surface area contributed by atoms with Gasteiger partial charge in [0.2, 0.25) is 5.95 Å². The Kier molecular flexibility index (Phi) is 5.27. The summed E-state index contributed by atoms with van der Waals surface area (Å²) in [4.78, 5) is 20.3. The summed E-state index contributed by atoms with van der Waals surface area (Å²) in [6, 6.07) is 6.59. The Bertz CT molecular complexity index is 1130. The summed E-state index contributed by atoms with van der Waals surface area (Å²) in [6.45, 7) is 0.132. The number of anilines is 3. The van der Waals surface area contributed by atoms with Gasteiger partial charge in [0.25, 0.3) is 5.91 Å². The zero-order valence-electron chi connectivity index (χ0n) is 15.2. The van der Waals surface area contributed by atoms with Crippen molar-refractivity contribution in [3.63, 3.8) is 0 Å². The number of hydrogen-bond acceptors (Lipinski definition) is 8. The van der Waals surface area contributed by atoms with Crippen molar-refractivity contribution in [2.75, 3.05) is 16.9 Å². The molecule has 28 heavy (non-hydrogen) atoms. The molecule has 0 atom stereocenters. The minimum Gasteiger partial charge on any atom is -0.365 e. The van der Waals surface area contributed by atoms with Crippen molar-refractivity contribution in [2.45, 2.75) is 11.4 Å². The fourth-order valence-electron chi connectivity index (χ4n) is 2.56. The quantitative estimate of drug-likeness (QED) is 0.533. The van der Waals surface area contributed by atoms with Crippen LogP contribution < -0.4 is 16.4 Å². The van der Waals surface area contributed by atoms with Gasteiger partial charge in [-0.25, -0.2) is 13.4 Å². The van der Waals surface area contributed by atoms with E-state index in [4.69, 9.17) is 5.73 Å². The highest BCUT2D eigenvalue weighted by atomic mass is 32.2. The number of amides is 1. The number of carbonyl (C=O) groups excluding carboxylic acids is 1. The standard InChI is InChI=1S/C17H19N7O3S/c1-24-10-12(8-21-24)22-17-20-9-13(15(18)25)16(23-17)19-7-11-5-3-4-6-14(11)28(2,26)27/h3-6,8-10H,7H2,1-2H3,(H2,18,25)(H2,19,20,22,23). The highest BCUT2D eigenvalue weighted by Gasteiger charge is 2.15. The van der Waals surface area contributed by atoms with E-state index in [2.05, 4.69) is 25.7 Å². The molecule has 2 aromatic heterocycles. The average molecular weight is 401 g/mol. The number of nitrogens with two attached hydrogens (primary N) is 1. The van der Waals surface area contributed by atoms with Gasteiger partial charge in [0.05, 0.1) is 22.3 Å². The molecule has 0 radical (unpaired) electrons. The zero-order chi connectivity index (χ0) is 20.3. The molecule has 0 spiro atoms. The molecule has 0 aliphatic rings. The number of primary amides is 1. The summed E-state index contributed by atoms with van der Waals surface area (Å²) < 4.78 is 25.5. The summed E-state index contributed by atoms with van der Waals surface area (Å²) in [5.41, 5.74) is 6.70. The van der Waals surface area contributed by atoms with E-state index in [0.717, 1.165) is 6.26 Å². The Hall–Kier alpha value is -3.47. The molecule has 0 bridgehead atoms. The van der Waals surface area contributed by atoms with E-state index < -0.39 is 15.7 Å². The fraction of sp³-hybridized carbons (Fsp3) is 0.176. The molecule has 0 aliphatic heterocycles. The monoisotopic (exact) mass is 401 g/mol. The molecule has 0 saturated carbocycles. The normalized spacial score (nSPS) is 11.2. The van der Waals surface area contributed by atoms with Gasteiger partial charge in [-0.3, -0.25) is 9.48 Å². The highest BCUT2D eigenvalue weighted by Crippen LogP contribution is 2.20. The van der Waals surface area contributed by atoms with Gasteiger partial charge in [-0.15, -0.1) is 0 Å². The fourth-order valence-corrected chi connectivity index (χ4v) is 3.50. The van der Waals surface area contributed by atoms with Crippen molar-refractivity contribution in [1.29, 1.82) is 0 Å². The lowest BCUT2D eigenvalue weighted by atomic mass is 10.2. The van der Waals surface area contributed by atoms with Gasteiger partial charge in [0.1, 0.15) is 5.82 Å². The molecule has 4 N–H and O–H groups in total. The number of nitrogens with zero attached hydrogens (tertiary/aromatic N) is 4. The second kappa shape index (κ2) is 7.64. The Morgan fingerprint density at radius 2 is 2.00 bits per heavy atom. The van der Waals surface area contributed by atoms with Gasteiger partial charge in [-0.05, 0) is 11.6 Å². The maximum absolute atomic E-state index is 12.0. The number of rotatable bonds is 7. The van der Waals surface area contributed by atoms with Crippen LogP contribution in [0.1, 0.15) is 15.9 Å². The molecule has 3 aromatic rings. The van der Waals surface area contributed by atoms with Gasteiger partial charge in [0, 0.05) is 32.2 Å². The number of aryl methyl sites for hydroxylation is 1. The van der Waals surface area contributed by atoms with Crippen molar-refractivity contribution >= 4 is 33.2 Å². The molecule has 0 aliphatic carbocycles. The first-order valence-corrected chi connectivity index (χ1v) is 10.1. The lowest BCUT2D eigenvalue weighted by molar-refractivity contribution is 0.100. The van der Waals surface area contributed by atoms with Crippen LogP contribution in [-0.2, 0) is 23.4 Å². The van der Waals surface area contributed by atoms with Crippen molar-refractivity contribution in [3.05, 3.63) is 54.0 Å². The minimum absolute atomic E-state index is 0.0913. The van der Waals surface area contributed by atoms with Gasteiger partial charge in [-0.1, -0.05) is 18.2 Å². The topological polar surface area (TPSA) is 145 Å². The molecule has 10 nitrogen and oxygen atoms in total. The smallest absolute Gasteiger partial charge is 0.254 e. The van der Waals surface area contributed by atoms with Crippen LogP contribution in [-0.4, -0.2) is 40.3 Å². The van der Waals surface area contributed by atoms with Gasteiger partial charge in [0.15, 0.2) is 9.84 Å². The van der Waals surface area contributed by atoms with Crippen LogP contribution in [0.2, 0.25) is 0 Å². The Labute approximate surface area is 161 Å². The molecule has 0 fully saturated rings. The SMILES string of the molecule is Cn1cc(Nc2ncc(C(N)=O)c(NCc3ccccc3S(C)(=O)=O)n2)cn1. The van der Waals surface area contributed by atoms with Gasteiger partial charge in [-0.2, -0.15) is 10.1 Å². The Morgan fingerprint density at radius 3 is 2.64 bits per heavy atom. The van der Waals surface area contributed by atoms with Crippen LogP contribution in [0, 0.1) is 0 Å². The van der Waals surface area contributed by atoms with E-state index in [0.29, 0.717) is 11.3 Å². The first-order valence-electron chi connectivity index (χ1n) is 8.18. The molecule has 146 valence electrons. The number of sulfone groups is 1. The van der Waals surface area contributed by atoms with E-state index in [1.807, 2.05) is 0 Å². The van der Waals surface area contributed by atoms with Crippen molar-refractivity contribution in [2.24, 2.45) is 12.8 Å². The number of hydrogen-bond donors (Lipinski definition) is 3. The predicted molar refractivity (Wildman–Crippen MR) is 104 cm³/mol. The Balaban J connectivity index is 1.88. The lowest BCUT2D eigenvalue weighted by Crippen LogP contribution is -2.17. The van der Waals surface area contributed by atoms with Crippen LogP contribution in [0.25, 0.3) is 0 Å². The summed E-state index contributed by atoms with van der Waals surface area (Å²) in [5.74, 6) is -0.277. The van der Waals surface area contributed by atoms with Crippen LogP contribution in [0.15, 0.2) is 47.8 Å². The maximum Gasteiger partial charge on any atom is 0.254 e. The van der Waals surface area contributed by atoms with E-state index in [9.17, 15) is 13.2 Å². The third-order valence-corrected chi connectivity index (χ3v) is 5.03.